The number of Topliss-reactive ketones (excluding diaryl/α,β-unsaturated/α-hetero) is 2. The second kappa shape index (κ2) is 7.15. The maximum atomic E-state index is 12.4. The Morgan fingerprint density at radius 2 is 1.59 bits per heavy atom. The number of hydrogen-bond acceptors (Lipinski definition) is 6. The lowest BCUT2D eigenvalue weighted by atomic mass is 9.84. The Balaban J connectivity index is 1.71. The zero-order valence-corrected chi connectivity index (χ0v) is 15.3. The van der Waals surface area contributed by atoms with E-state index in [4.69, 9.17) is 9.15 Å². The number of ketones is 2. The van der Waals surface area contributed by atoms with Gasteiger partial charge in [-0.15, -0.1) is 0 Å². The van der Waals surface area contributed by atoms with Crippen molar-refractivity contribution < 1.29 is 23.5 Å². The van der Waals surface area contributed by atoms with Crippen LogP contribution in [-0.4, -0.2) is 17.5 Å². The molecule has 0 fully saturated rings. The van der Waals surface area contributed by atoms with Gasteiger partial charge in [0.25, 0.3) is 0 Å². The van der Waals surface area contributed by atoms with Gasteiger partial charge in [-0.2, -0.15) is 0 Å². The fourth-order valence-electron chi connectivity index (χ4n) is 2.97. The van der Waals surface area contributed by atoms with Crippen LogP contribution < -0.4 is 10.4 Å². The van der Waals surface area contributed by atoms with Crippen LogP contribution in [0.25, 0.3) is 11.0 Å². The van der Waals surface area contributed by atoms with Crippen molar-refractivity contribution in [2.24, 2.45) is 0 Å². The smallest absolute Gasteiger partial charge is 0.336 e. The van der Waals surface area contributed by atoms with Gasteiger partial charge in [-0.25, -0.2) is 4.79 Å². The molecule has 2 aromatic rings. The number of hydrogen-bond donors (Lipinski definition) is 0. The number of esters is 1. The van der Waals surface area contributed by atoms with E-state index in [1.54, 1.807) is 39.0 Å². The molecule has 0 unspecified atom stereocenters. The molecule has 1 aliphatic carbocycles. The Hall–Kier alpha value is -3.28. The van der Waals surface area contributed by atoms with Gasteiger partial charge in [0.05, 0.1) is 6.42 Å². The standard InChI is InChI=1S/C21H18O6/c1-11-12(2)21(25)16(13(3)20(11)24)7-9-18(22)26-15-6-4-14-5-8-19(23)27-17(14)10-15/h4-6,8,10H,7,9H2,1-3H3. The van der Waals surface area contributed by atoms with Gasteiger partial charge in [0, 0.05) is 39.8 Å². The van der Waals surface area contributed by atoms with Crippen molar-refractivity contribution in [3.8, 4) is 5.75 Å². The largest absolute Gasteiger partial charge is 0.426 e. The molecule has 0 spiro atoms. The lowest BCUT2D eigenvalue weighted by Gasteiger charge is -2.18. The first-order valence-electron chi connectivity index (χ1n) is 8.49. The number of carbonyl (C=O) groups is 3. The molecule has 0 radical (unpaired) electrons. The lowest BCUT2D eigenvalue weighted by Crippen LogP contribution is -2.21. The second-order valence-electron chi connectivity index (χ2n) is 6.44. The number of fused-ring (bicyclic) bond motifs is 1. The highest BCUT2D eigenvalue weighted by Crippen LogP contribution is 2.27. The minimum atomic E-state index is -0.544. The molecular formula is C21H18O6. The first-order valence-corrected chi connectivity index (χ1v) is 8.49. The Kier molecular flexibility index (Phi) is 4.90. The van der Waals surface area contributed by atoms with E-state index in [0.717, 1.165) is 0 Å². The SMILES string of the molecule is CC1=C(C)C(=O)C(CCC(=O)Oc2ccc3ccc(=O)oc3c2)=C(C)C1=O. The molecule has 1 aromatic heterocycles. The average Bonchev–Trinajstić information content (AvgIpc) is 2.64. The number of rotatable bonds is 4. The van der Waals surface area contributed by atoms with Gasteiger partial charge in [0.2, 0.25) is 0 Å². The fourth-order valence-corrected chi connectivity index (χ4v) is 2.97. The molecule has 0 saturated carbocycles. The zero-order chi connectivity index (χ0) is 19.7. The highest BCUT2D eigenvalue weighted by Gasteiger charge is 2.28. The van der Waals surface area contributed by atoms with Crippen LogP contribution in [0.5, 0.6) is 5.75 Å². The molecule has 3 rings (SSSR count). The monoisotopic (exact) mass is 366 g/mol. The van der Waals surface area contributed by atoms with Crippen molar-refractivity contribution >= 4 is 28.5 Å². The molecule has 0 amide bonds. The topological polar surface area (TPSA) is 90.7 Å². The molecule has 1 heterocycles. The molecule has 0 bridgehead atoms. The Morgan fingerprint density at radius 1 is 0.926 bits per heavy atom. The van der Waals surface area contributed by atoms with E-state index < -0.39 is 11.6 Å². The van der Waals surface area contributed by atoms with Crippen molar-refractivity contribution in [3.63, 3.8) is 0 Å². The Labute approximate surface area is 155 Å². The third kappa shape index (κ3) is 3.65. The third-order valence-corrected chi connectivity index (χ3v) is 4.72. The average molecular weight is 366 g/mol. The van der Waals surface area contributed by atoms with Gasteiger partial charge in [0.15, 0.2) is 11.6 Å². The van der Waals surface area contributed by atoms with Gasteiger partial charge in [-0.1, -0.05) is 0 Å². The van der Waals surface area contributed by atoms with E-state index in [-0.39, 0.29) is 30.2 Å². The van der Waals surface area contributed by atoms with Crippen LogP contribution in [0.4, 0.5) is 0 Å². The van der Waals surface area contributed by atoms with E-state index in [1.165, 1.54) is 12.1 Å². The van der Waals surface area contributed by atoms with Crippen LogP contribution in [0.1, 0.15) is 33.6 Å². The number of carbonyl (C=O) groups excluding carboxylic acids is 3. The minimum Gasteiger partial charge on any atom is -0.426 e. The molecule has 0 aliphatic heterocycles. The van der Waals surface area contributed by atoms with E-state index in [9.17, 15) is 19.2 Å². The van der Waals surface area contributed by atoms with Crippen LogP contribution in [0.2, 0.25) is 0 Å². The van der Waals surface area contributed by atoms with Crippen LogP contribution in [0, 0.1) is 0 Å². The quantitative estimate of drug-likeness (QED) is 0.357. The third-order valence-electron chi connectivity index (χ3n) is 4.72. The molecule has 27 heavy (non-hydrogen) atoms. The summed E-state index contributed by atoms with van der Waals surface area (Å²) in [6, 6.07) is 7.66. The number of ether oxygens (including phenoxy) is 1. The Bertz CT molecular complexity index is 1100. The van der Waals surface area contributed by atoms with Crippen LogP contribution >= 0.6 is 0 Å². The summed E-state index contributed by atoms with van der Waals surface area (Å²) in [5.74, 6) is -0.674. The molecule has 0 saturated heterocycles. The van der Waals surface area contributed by atoms with Crippen molar-refractivity contribution in [1.29, 1.82) is 0 Å². The number of allylic oxidation sites excluding steroid dienone is 4. The van der Waals surface area contributed by atoms with E-state index in [0.29, 0.717) is 33.3 Å². The molecule has 6 heteroatoms. The first-order chi connectivity index (χ1) is 12.8. The molecule has 0 atom stereocenters. The summed E-state index contributed by atoms with van der Waals surface area (Å²) in [7, 11) is 0. The van der Waals surface area contributed by atoms with Crippen molar-refractivity contribution in [2.45, 2.75) is 33.6 Å². The van der Waals surface area contributed by atoms with Gasteiger partial charge < -0.3 is 9.15 Å². The summed E-state index contributed by atoms with van der Waals surface area (Å²) >= 11 is 0. The highest BCUT2D eigenvalue weighted by molar-refractivity contribution is 6.24. The summed E-state index contributed by atoms with van der Waals surface area (Å²) in [5.41, 5.74) is 1.41. The molecule has 1 aromatic carbocycles. The summed E-state index contributed by atoms with van der Waals surface area (Å²) in [6.45, 7) is 4.84. The van der Waals surface area contributed by atoms with Gasteiger partial charge in [-0.3, -0.25) is 14.4 Å². The minimum absolute atomic E-state index is 0.0468. The molecule has 138 valence electrons. The summed E-state index contributed by atoms with van der Waals surface area (Å²) in [6.07, 6.45) is 0.0807. The van der Waals surface area contributed by atoms with Crippen molar-refractivity contribution in [1.82, 2.24) is 0 Å². The van der Waals surface area contributed by atoms with E-state index in [2.05, 4.69) is 0 Å². The fraction of sp³-hybridized carbons (Fsp3) is 0.238. The highest BCUT2D eigenvalue weighted by atomic mass is 16.5. The molecule has 1 aliphatic rings. The van der Waals surface area contributed by atoms with Gasteiger partial charge in [-0.05, 0) is 45.4 Å². The number of benzene rings is 1. The van der Waals surface area contributed by atoms with Crippen LogP contribution in [0.3, 0.4) is 0 Å². The van der Waals surface area contributed by atoms with Crippen molar-refractivity contribution in [2.75, 3.05) is 0 Å². The molecule has 0 N–H and O–H groups in total. The summed E-state index contributed by atoms with van der Waals surface area (Å²) in [5, 5.41) is 0.708. The molecular weight excluding hydrogens is 348 g/mol. The van der Waals surface area contributed by atoms with Gasteiger partial charge in [0.1, 0.15) is 11.3 Å². The maximum Gasteiger partial charge on any atom is 0.336 e. The van der Waals surface area contributed by atoms with Gasteiger partial charge >= 0.3 is 11.6 Å². The summed E-state index contributed by atoms with van der Waals surface area (Å²) < 4.78 is 10.3. The lowest BCUT2D eigenvalue weighted by molar-refractivity contribution is -0.134. The first kappa shape index (κ1) is 18.5. The predicted octanol–water partition coefficient (Wildman–Crippen LogP) is 3.28. The summed E-state index contributed by atoms with van der Waals surface area (Å²) in [4.78, 5) is 48.0. The van der Waals surface area contributed by atoms with Crippen molar-refractivity contribution in [3.05, 3.63) is 63.0 Å². The zero-order valence-electron chi connectivity index (χ0n) is 15.3. The maximum absolute atomic E-state index is 12.4. The van der Waals surface area contributed by atoms with Crippen LogP contribution in [-0.2, 0) is 14.4 Å². The van der Waals surface area contributed by atoms with Crippen LogP contribution in [0.15, 0.2) is 61.8 Å². The second-order valence-corrected chi connectivity index (χ2v) is 6.44. The molecule has 6 nitrogen and oxygen atoms in total. The normalized spacial score (nSPS) is 14.9. The van der Waals surface area contributed by atoms with E-state index >= 15 is 0 Å². The Morgan fingerprint density at radius 3 is 2.33 bits per heavy atom. The van der Waals surface area contributed by atoms with E-state index in [1.807, 2.05) is 0 Å². The predicted molar refractivity (Wildman–Crippen MR) is 98.4 cm³/mol.